The SMILES string of the molecule is O=C(N/N=C\C=C\c1ccccc1)C(O)(c1ccc(Cl)cc1)c1ccc(Cl)cc1. The average Bonchev–Trinajstić information content (AvgIpc) is 2.74. The molecule has 0 atom stereocenters. The van der Waals surface area contributed by atoms with Gasteiger partial charge in [0.2, 0.25) is 0 Å². The molecular formula is C23H18Cl2N2O2. The van der Waals surface area contributed by atoms with Gasteiger partial charge in [-0.2, -0.15) is 5.10 Å². The molecule has 0 aliphatic heterocycles. The van der Waals surface area contributed by atoms with Crippen LogP contribution in [0.25, 0.3) is 6.08 Å². The molecule has 4 nitrogen and oxygen atoms in total. The summed E-state index contributed by atoms with van der Waals surface area (Å²) in [6.45, 7) is 0. The Labute approximate surface area is 179 Å². The minimum atomic E-state index is -1.96. The summed E-state index contributed by atoms with van der Waals surface area (Å²) in [5, 5.41) is 16.3. The van der Waals surface area contributed by atoms with Crippen molar-refractivity contribution >= 4 is 41.4 Å². The van der Waals surface area contributed by atoms with Crippen molar-refractivity contribution in [2.45, 2.75) is 5.60 Å². The van der Waals surface area contributed by atoms with E-state index in [0.29, 0.717) is 21.2 Å². The van der Waals surface area contributed by atoms with Crippen molar-refractivity contribution in [2.24, 2.45) is 5.10 Å². The topological polar surface area (TPSA) is 61.7 Å². The zero-order valence-corrected chi connectivity index (χ0v) is 16.8. The molecule has 0 aliphatic carbocycles. The molecule has 0 aromatic heterocycles. The summed E-state index contributed by atoms with van der Waals surface area (Å²) in [5.41, 5.74) is 2.16. The van der Waals surface area contributed by atoms with Crippen molar-refractivity contribution in [1.82, 2.24) is 5.43 Å². The maximum absolute atomic E-state index is 12.9. The van der Waals surface area contributed by atoms with Crippen LogP contribution in [0.2, 0.25) is 10.0 Å². The summed E-state index contributed by atoms with van der Waals surface area (Å²) in [4.78, 5) is 12.9. The van der Waals surface area contributed by atoms with Crippen LogP contribution in [0.15, 0.2) is 90.0 Å². The van der Waals surface area contributed by atoms with E-state index in [1.54, 1.807) is 54.6 Å². The number of aliphatic hydroxyl groups is 1. The molecule has 0 unspecified atom stereocenters. The summed E-state index contributed by atoms with van der Waals surface area (Å²) in [6.07, 6.45) is 4.98. The minimum absolute atomic E-state index is 0.358. The van der Waals surface area contributed by atoms with E-state index in [1.165, 1.54) is 6.21 Å². The second-order valence-electron chi connectivity index (χ2n) is 6.21. The van der Waals surface area contributed by atoms with Gasteiger partial charge in [0, 0.05) is 16.3 Å². The summed E-state index contributed by atoms with van der Waals surface area (Å²) in [5.74, 6) is -0.702. The van der Waals surface area contributed by atoms with Gasteiger partial charge in [-0.15, -0.1) is 0 Å². The largest absolute Gasteiger partial charge is 0.372 e. The molecule has 0 bridgehead atoms. The average molecular weight is 425 g/mol. The van der Waals surface area contributed by atoms with Crippen LogP contribution in [0.3, 0.4) is 0 Å². The van der Waals surface area contributed by atoms with E-state index in [-0.39, 0.29) is 0 Å². The number of allylic oxidation sites excluding steroid dienone is 1. The third kappa shape index (κ3) is 5.12. The smallest absolute Gasteiger partial charge is 0.281 e. The number of nitrogens with zero attached hydrogens (tertiary/aromatic N) is 1. The highest BCUT2D eigenvalue weighted by molar-refractivity contribution is 6.30. The first-order chi connectivity index (χ1) is 14.0. The van der Waals surface area contributed by atoms with E-state index in [2.05, 4.69) is 10.5 Å². The zero-order valence-electron chi connectivity index (χ0n) is 15.3. The maximum Gasteiger partial charge on any atom is 0.281 e. The fraction of sp³-hybridized carbons (Fsp3) is 0.0435. The second kappa shape index (κ2) is 9.52. The lowest BCUT2D eigenvalue weighted by atomic mass is 9.85. The normalized spacial score (nSPS) is 11.8. The van der Waals surface area contributed by atoms with E-state index >= 15 is 0 Å². The van der Waals surface area contributed by atoms with Crippen molar-refractivity contribution in [2.75, 3.05) is 0 Å². The van der Waals surface area contributed by atoms with Crippen LogP contribution in [0.4, 0.5) is 0 Å². The van der Waals surface area contributed by atoms with Crippen LogP contribution in [0, 0.1) is 0 Å². The zero-order chi connectivity index (χ0) is 20.7. The predicted molar refractivity (Wildman–Crippen MR) is 118 cm³/mol. The Morgan fingerprint density at radius 1 is 0.862 bits per heavy atom. The van der Waals surface area contributed by atoms with Gasteiger partial charge in [0.25, 0.3) is 5.91 Å². The van der Waals surface area contributed by atoms with Gasteiger partial charge in [-0.1, -0.05) is 83.9 Å². The molecule has 3 aromatic carbocycles. The summed E-state index contributed by atoms with van der Waals surface area (Å²) in [7, 11) is 0. The standard InChI is InChI=1S/C23H18Cl2N2O2/c24-20-12-8-18(9-13-20)23(29,19-10-14-21(25)15-11-19)22(28)27-26-16-4-7-17-5-2-1-3-6-17/h1-16,29H,(H,27,28)/b7-4+,26-16-. The highest BCUT2D eigenvalue weighted by atomic mass is 35.5. The number of halogens is 2. The lowest BCUT2D eigenvalue weighted by Gasteiger charge is -2.27. The van der Waals surface area contributed by atoms with Crippen LogP contribution in [0.5, 0.6) is 0 Å². The number of carbonyl (C=O) groups is 1. The quantitative estimate of drug-likeness (QED) is 0.429. The Morgan fingerprint density at radius 2 is 1.38 bits per heavy atom. The molecule has 6 heteroatoms. The van der Waals surface area contributed by atoms with Crippen LogP contribution >= 0.6 is 23.2 Å². The van der Waals surface area contributed by atoms with Gasteiger partial charge < -0.3 is 5.11 Å². The van der Waals surface area contributed by atoms with Gasteiger partial charge in [0.05, 0.1) is 0 Å². The van der Waals surface area contributed by atoms with Gasteiger partial charge in [0.1, 0.15) is 0 Å². The summed E-state index contributed by atoms with van der Waals surface area (Å²) < 4.78 is 0. The number of nitrogens with one attached hydrogen (secondary N) is 1. The summed E-state index contributed by atoms with van der Waals surface area (Å²) >= 11 is 11.9. The van der Waals surface area contributed by atoms with Crippen LogP contribution in [-0.2, 0) is 10.4 Å². The number of hydrogen-bond acceptors (Lipinski definition) is 3. The lowest BCUT2D eigenvalue weighted by Crippen LogP contribution is -2.43. The molecule has 0 heterocycles. The first-order valence-corrected chi connectivity index (χ1v) is 9.55. The van der Waals surface area contributed by atoms with Crippen LogP contribution in [0.1, 0.15) is 16.7 Å². The van der Waals surface area contributed by atoms with Crippen LogP contribution < -0.4 is 5.43 Å². The Hall–Kier alpha value is -2.92. The number of hydrazone groups is 1. The first kappa shape index (κ1) is 20.8. The summed E-state index contributed by atoms with van der Waals surface area (Å²) in [6, 6.07) is 22.5. The van der Waals surface area contributed by atoms with E-state index in [4.69, 9.17) is 23.2 Å². The van der Waals surface area contributed by atoms with Crippen LogP contribution in [-0.4, -0.2) is 17.2 Å². The van der Waals surface area contributed by atoms with Gasteiger partial charge in [-0.3, -0.25) is 4.79 Å². The predicted octanol–water partition coefficient (Wildman–Crippen LogP) is 5.04. The van der Waals surface area contributed by atoms with Crippen molar-refractivity contribution in [3.63, 3.8) is 0 Å². The molecule has 2 N–H and O–H groups in total. The second-order valence-corrected chi connectivity index (χ2v) is 7.09. The molecule has 1 amide bonds. The van der Waals surface area contributed by atoms with Crippen molar-refractivity contribution in [1.29, 1.82) is 0 Å². The number of amides is 1. The number of benzene rings is 3. The fourth-order valence-corrected chi connectivity index (χ4v) is 3.00. The third-order valence-corrected chi connectivity index (χ3v) is 4.77. The molecule has 0 saturated heterocycles. The molecule has 146 valence electrons. The van der Waals surface area contributed by atoms with Crippen molar-refractivity contribution in [3.8, 4) is 0 Å². The van der Waals surface area contributed by atoms with Gasteiger partial charge in [-0.25, -0.2) is 5.43 Å². The third-order valence-electron chi connectivity index (χ3n) is 4.27. The number of rotatable bonds is 6. The fourth-order valence-electron chi connectivity index (χ4n) is 2.75. The Kier molecular flexibility index (Phi) is 6.83. The van der Waals surface area contributed by atoms with E-state index in [9.17, 15) is 9.90 Å². The Bertz CT molecular complexity index is 970. The van der Waals surface area contributed by atoms with Crippen molar-refractivity contribution < 1.29 is 9.90 Å². The molecule has 3 aromatic rings. The van der Waals surface area contributed by atoms with Gasteiger partial charge in [0.15, 0.2) is 5.60 Å². The van der Waals surface area contributed by atoms with E-state index < -0.39 is 11.5 Å². The number of hydrogen-bond donors (Lipinski definition) is 2. The highest BCUT2D eigenvalue weighted by Crippen LogP contribution is 2.31. The molecule has 0 radical (unpaired) electrons. The molecule has 3 rings (SSSR count). The molecule has 0 spiro atoms. The molecule has 29 heavy (non-hydrogen) atoms. The van der Waals surface area contributed by atoms with Gasteiger partial charge in [-0.05, 0) is 47.0 Å². The molecule has 0 aliphatic rings. The Balaban J connectivity index is 1.83. The first-order valence-electron chi connectivity index (χ1n) is 8.80. The molecule has 0 saturated carbocycles. The monoisotopic (exact) mass is 424 g/mol. The van der Waals surface area contributed by atoms with Gasteiger partial charge >= 0.3 is 0 Å². The van der Waals surface area contributed by atoms with E-state index in [0.717, 1.165) is 5.56 Å². The lowest BCUT2D eigenvalue weighted by molar-refractivity contribution is -0.136. The maximum atomic E-state index is 12.9. The highest BCUT2D eigenvalue weighted by Gasteiger charge is 2.40. The van der Waals surface area contributed by atoms with Crippen molar-refractivity contribution in [3.05, 3.63) is 112 Å². The number of carbonyl (C=O) groups excluding carboxylic acids is 1. The molecular weight excluding hydrogens is 407 g/mol. The Morgan fingerprint density at radius 3 is 1.90 bits per heavy atom. The van der Waals surface area contributed by atoms with E-state index in [1.807, 2.05) is 36.4 Å². The molecule has 0 fully saturated rings. The minimum Gasteiger partial charge on any atom is -0.372 e.